The number of carbonyl (C=O) groups is 2. The van der Waals surface area contributed by atoms with Crippen LogP contribution in [0.4, 0.5) is 4.39 Å². The van der Waals surface area contributed by atoms with E-state index in [2.05, 4.69) is 9.97 Å². The Bertz CT molecular complexity index is 1100. The first-order valence-electron chi connectivity index (χ1n) is 10.1. The molecule has 2 N–H and O–H groups in total. The molecule has 0 radical (unpaired) electrons. The van der Waals surface area contributed by atoms with Gasteiger partial charge in [-0.1, -0.05) is 17.7 Å². The molecule has 1 atom stereocenters. The first-order chi connectivity index (χ1) is 15.3. The van der Waals surface area contributed by atoms with Crippen LogP contribution >= 0.6 is 11.6 Å². The first kappa shape index (κ1) is 23.3. The van der Waals surface area contributed by atoms with Crippen LogP contribution in [0, 0.1) is 19.7 Å². The highest BCUT2D eigenvalue weighted by molar-refractivity contribution is 6.30. The number of pyridine rings is 2. The first-order valence-corrected chi connectivity index (χ1v) is 10.5. The van der Waals surface area contributed by atoms with Crippen molar-refractivity contribution in [3.05, 3.63) is 93.8 Å². The molecule has 2 aromatic heterocycles. The van der Waals surface area contributed by atoms with Gasteiger partial charge in [-0.15, -0.1) is 0 Å². The van der Waals surface area contributed by atoms with Crippen LogP contribution in [0.25, 0.3) is 0 Å². The van der Waals surface area contributed by atoms with Gasteiger partial charge in [0.25, 0.3) is 5.91 Å². The molecule has 0 fully saturated rings. The van der Waals surface area contributed by atoms with Crippen molar-refractivity contribution in [3.63, 3.8) is 0 Å². The highest BCUT2D eigenvalue weighted by Gasteiger charge is 2.34. The van der Waals surface area contributed by atoms with E-state index in [-0.39, 0.29) is 17.5 Å². The number of benzene rings is 1. The molecule has 0 spiro atoms. The van der Waals surface area contributed by atoms with Crippen LogP contribution in [0.2, 0.25) is 5.02 Å². The van der Waals surface area contributed by atoms with Crippen LogP contribution in [-0.4, -0.2) is 33.2 Å². The number of nitrogens with zero attached hydrogens (tertiary/aromatic N) is 3. The molecule has 1 aliphatic carbocycles. The predicted octanol–water partition coefficient (Wildman–Crippen LogP) is 4.19. The summed E-state index contributed by atoms with van der Waals surface area (Å²) >= 11 is 6.00. The van der Waals surface area contributed by atoms with E-state index in [1.54, 1.807) is 37.5 Å². The van der Waals surface area contributed by atoms with Gasteiger partial charge in [-0.05, 0) is 74.2 Å². The third kappa shape index (κ3) is 5.48. The van der Waals surface area contributed by atoms with Crippen LogP contribution in [0.5, 0.6) is 0 Å². The second-order valence-electron chi connectivity index (χ2n) is 7.52. The lowest BCUT2D eigenvalue weighted by atomic mass is 10.0. The standard InChI is InChI=1S/C19H19ClFN3O2.C5H5N/c1-10-3-4-13(11(2)23-10)19(26)24(9-18(22)25)17-6-5-14-15(17)7-12(20)8-16(14)21;1-2-4-6-5-3-1/h3-4,7-8,17H,5-6,9H2,1-2H3,(H2,22,25);1-5H. The molecule has 1 aliphatic rings. The molecule has 2 heterocycles. The number of halogens is 2. The molecule has 1 unspecified atom stereocenters. The predicted molar refractivity (Wildman–Crippen MR) is 121 cm³/mol. The topological polar surface area (TPSA) is 89.2 Å². The summed E-state index contributed by atoms with van der Waals surface area (Å²) in [5.74, 6) is -1.38. The van der Waals surface area contributed by atoms with Crippen molar-refractivity contribution in [2.75, 3.05) is 6.54 Å². The molecule has 8 heteroatoms. The van der Waals surface area contributed by atoms with Crippen LogP contribution in [0.1, 0.15) is 45.3 Å². The fourth-order valence-corrected chi connectivity index (χ4v) is 4.03. The molecule has 166 valence electrons. The average Bonchev–Trinajstić information content (AvgIpc) is 3.17. The Labute approximate surface area is 191 Å². The van der Waals surface area contributed by atoms with E-state index in [9.17, 15) is 14.0 Å². The summed E-state index contributed by atoms with van der Waals surface area (Å²) in [5.41, 5.74) is 8.28. The van der Waals surface area contributed by atoms with Crippen molar-refractivity contribution >= 4 is 23.4 Å². The zero-order chi connectivity index (χ0) is 23.3. The van der Waals surface area contributed by atoms with E-state index in [1.807, 2.05) is 25.1 Å². The molecule has 0 saturated heterocycles. The number of hydrogen-bond acceptors (Lipinski definition) is 4. The van der Waals surface area contributed by atoms with Gasteiger partial charge in [-0.3, -0.25) is 19.6 Å². The summed E-state index contributed by atoms with van der Waals surface area (Å²) in [6.45, 7) is 3.31. The smallest absolute Gasteiger partial charge is 0.256 e. The highest BCUT2D eigenvalue weighted by Crippen LogP contribution is 2.39. The van der Waals surface area contributed by atoms with E-state index in [0.29, 0.717) is 35.2 Å². The van der Waals surface area contributed by atoms with Crippen molar-refractivity contribution in [3.8, 4) is 0 Å². The number of carbonyl (C=O) groups excluding carboxylic acids is 2. The second kappa shape index (κ2) is 10.3. The molecular formula is C24H24ClFN4O2. The van der Waals surface area contributed by atoms with Crippen LogP contribution in [-0.2, 0) is 11.2 Å². The minimum Gasteiger partial charge on any atom is -0.368 e. The number of amides is 2. The maximum atomic E-state index is 14.2. The summed E-state index contributed by atoms with van der Waals surface area (Å²) in [5, 5.41) is 0.257. The zero-order valence-electron chi connectivity index (χ0n) is 17.9. The summed E-state index contributed by atoms with van der Waals surface area (Å²) in [6, 6.07) is 11.6. The summed E-state index contributed by atoms with van der Waals surface area (Å²) < 4.78 is 14.2. The normalized spacial score (nSPS) is 14.2. The molecule has 6 nitrogen and oxygen atoms in total. The summed E-state index contributed by atoms with van der Waals surface area (Å²) in [7, 11) is 0. The van der Waals surface area contributed by atoms with Crippen LogP contribution < -0.4 is 5.73 Å². The zero-order valence-corrected chi connectivity index (χ0v) is 18.6. The lowest BCUT2D eigenvalue weighted by molar-refractivity contribution is -0.119. The molecule has 0 bridgehead atoms. The Morgan fingerprint density at radius 3 is 2.47 bits per heavy atom. The van der Waals surface area contributed by atoms with Crippen molar-refractivity contribution in [2.24, 2.45) is 5.73 Å². The fraction of sp³-hybridized carbons (Fsp3) is 0.250. The van der Waals surface area contributed by atoms with Crippen molar-refractivity contribution in [1.29, 1.82) is 0 Å². The molecule has 0 saturated carbocycles. The Balaban J connectivity index is 0.000000416. The maximum Gasteiger partial charge on any atom is 0.256 e. The monoisotopic (exact) mass is 454 g/mol. The van der Waals surface area contributed by atoms with Gasteiger partial charge in [0.05, 0.1) is 17.3 Å². The van der Waals surface area contributed by atoms with Gasteiger partial charge in [0.1, 0.15) is 12.4 Å². The number of primary amides is 1. The minimum atomic E-state index is -0.632. The maximum absolute atomic E-state index is 14.2. The highest BCUT2D eigenvalue weighted by atomic mass is 35.5. The average molecular weight is 455 g/mol. The number of aryl methyl sites for hydroxylation is 2. The van der Waals surface area contributed by atoms with Gasteiger partial charge >= 0.3 is 0 Å². The van der Waals surface area contributed by atoms with E-state index < -0.39 is 17.8 Å². The quantitative estimate of drug-likeness (QED) is 0.640. The SMILES string of the molecule is Cc1ccc(C(=O)N(CC(N)=O)C2CCc3c(F)cc(Cl)cc32)c(C)n1.c1ccncc1. The Kier molecular flexibility index (Phi) is 7.53. The molecular weight excluding hydrogens is 431 g/mol. The Morgan fingerprint density at radius 1 is 1.19 bits per heavy atom. The van der Waals surface area contributed by atoms with Gasteiger partial charge in [0.2, 0.25) is 5.91 Å². The van der Waals surface area contributed by atoms with E-state index in [0.717, 1.165) is 5.69 Å². The summed E-state index contributed by atoms with van der Waals surface area (Å²) in [4.78, 5) is 34.2. The largest absolute Gasteiger partial charge is 0.368 e. The molecule has 2 amide bonds. The second-order valence-corrected chi connectivity index (χ2v) is 7.96. The molecule has 32 heavy (non-hydrogen) atoms. The Morgan fingerprint density at radius 2 is 1.91 bits per heavy atom. The van der Waals surface area contributed by atoms with Crippen LogP contribution in [0.3, 0.4) is 0 Å². The minimum absolute atomic E-state index is 0.257. The third-order valence-corrected chi connectivity index (χ3v) is 5.42. The molecule has 4 rings (SSSR count). The molecule has 0 aliphatic heterocycles. The number of nitrogens with two attached hydrogens (primary N) is 1. The van der Waals surface area contributed by atoms with Gasteiger partial charge in [-0.2, -0.15) is 0 Å². The Hall–Kier alpha value is -3.32. The van der Waals surface area contributed by atoms with E-state index in [4.69, 9.17) is 17.3 Å². The van der Waals surface area contributed by atoms with Gasteiger partial charge in [0, 0.05) is 23.1 Å². The summed E-state index contributed by atoms with van der Waals surface area (Å²) in [6.07, 6.45) is 4.47. The van der Waals surface area contributed by atoms with Gasteiger partial charge in [0.15, 0.2) is 0 Å². The molecule has 1 aromatic carbocycles. The van der Waals surface area contributed by atoms with Crippen molar-refractivity contribution in [1.82, 2.24) is 14.9 Å². The number of fused-ring (bicyclic) bond motifs is 1. The van der Waals surface area contributed by atoms with Gasteiger partial charge < -0.3 is 10.6 Å². The third-order valence-electron chi connectivity index (χ3n) is 5.21. The van der Waals surface area contributed by atoms with E-state index >= 15 is 0 Å². The lowest BCUT2D eigenvalue weighted by Crippen LogP contribution is -2.40. The number of rotatable bonds is 4. The van der Waals surface area contributed by atoms with Crippen molar-refractivity contribution in [2.45, 2.75) is 32.7 Å². The van der Waals surface area contributed by atoms with Gasteiger partial charge in [-0.25, -0.2) is 4.39 Å². The fourth-order valence-electron chi connectivity index (χ4n) is 3.82. The van der Waals surface area contributed by atoms with Crippen LogP contribution in [0.15, 0.2) is 54.9 Å². The van der Waals surface area contributed by atoms with E-state index in [1.165, 1.54) is 11.0 Å². The lowest BCUT2D eigenvalue weighted by Gasteiger charge is -2.29. The molecule has 3 aromatic rings. The van der Waals surface area contributed by atoms with Crippen molar-refractivity contribution < 1.29 is 14.0 Å². The number of aromatic nitrogens is 2. The number of hydrogen-bond donors (Lipinski definition) is 1.